The van der Waals surface area contributed by atoms with Gasteiger partial charge in [0.2, 0.25) is 5.91 Å². The molecule has 0 bridgehead atoms. The molecule has 194 valence electrons. The molecule has 1 N–H and O–H groups in total. The molecule has 0 aromatic carbocycles. The van der Waals surface area contributed by atoms with E-state index in [9.17, 15) is 18.0 Å². The Bertz CT molecular complexity index is 943. The van der Waals surface area contributed by atoms with Crippen LogP contribution in [0.2, 0.25) is 0 Å². The number of ether oxygens (including phenoxy) is 1. The van der Waals surface area contributed by atoms with E-state index in [1.807, 2.05) is 13.2 Å². The van der Waals surface area contributed by atoms with Crippen molar-refractivity contribution >= 4 is 17.2 Å². The van der Waals surface area contributed by atoms with E-state index >= 15 is 0 Å². The van der Waals surface area contributed by atoms with Crippen LogP contribution in [-0.4, -0.2) is 64.0 Å². The van der Waals surface area contributed by atoms with Crippen LogP contribution in [0.3, 0.4) is 0 Å². The molecule has 35 heavy (non-hydrogen) atoms. The molecule has 0 spiro atoms. The second kappa shape index (κ2) is 11.7. The summed E-state index contributed by atoms with van der Waals surface area (Å²) in [6, 6.07) is 0.267. The zero-order valence-corrected chi connectivity index (χ0v) is 21.0. The first-order valence-electron chi connectivity index (χ1n) is 12.4. The number of halogens is 3. The van der Waals surface area contributed by atoms with Crippen LogP contribution in [-0.2, 0) is 31.1 Å². The molecule has 2 aliphatic rings. The Morgan fingerprint density at radius 2 is 2.00 bits per heavy atom. The van der Waals surface area contributed by atoms with E-state index in [2.05, 4.69) is 20.3 Å². The van der Waals surface area contributed by atoms with Gasteiger partial charge in [0, 0.05) is 43.7 Å². The number of carbonyl (C=O) groups is 1. The van der Waals surface area contributed by atoms with Gasteiger partial charge in [-0.15, -0.1) is 0 Å². The van der Waals surface area contributed by atoms with Gasteiger partial charge in [-0.1, -0.05) is 11.3 Å². The quantitative estimate of drug-likeness (QED) is 0.551. The van der Waals surface area contributed by atoms with Gasteiger partial charge in [0.05, 0.1) is 31.3 Å². The number of hydrogen-bond donors (Lipinski definition) is 1. The van der Waals surface area contributed by atoms with Crippen molar-refractivity contribution in [2.24, 2.45) is 13.0 Å². The SMILES string of the molecule is Cn1cc(CC(=O)NC2CCC(CCN3CCc4nc(OCCC(F)(F)F)sc4CC3)CC2)cn1. The lowest BCUT2D eigenvalue weighted by Crippen LogP contribution is -2.39. The summed E-state index contributed by atoms with van der Waals surface area (Å²) in [5.74, 6) is 0.756. The van der Waals surface area contributed by atoms with Crippen LogP contribution < -0.4 is 10.1 Å². The van der Waals surface area contributed by atoms with Crippen LogP contribution in [0.15, 0.2) is 12.4 Å². The minimum absolute atomic E-state index is 0.0704. The lowest BCUT2D eigenvalue weighted by atomic mass is 9.84. The lowest BCUT2D eigenvalue weighted by Gasteiger charge is -2.30. The summed E-state index contributed by atoms with van der Waals surface area (Å²) in [4.78, 5) is 20.4. The Kier molecular flexibility index (Phi) is 8.69. The van der Waals surface area contributed by atoms with Crippen molar-refractivity contribution in [1.29, 1.82) is 0 Å². The lowest BCUT2D eigenvalue weighted by molar-refractivity contribution is -0.139. The Morgan fingerprint density at radius 1 is 1.23 bits per heavy atom. The maximum atomic E-state index is 12.3. The first-order valence-corrected chi connectivity index (χ1v) is 13.2. The largest absolute Gasteiger partial charge is 0.470 e. The second-order valence-electron chi connectivity index (χ2n) is 9.68. The molecule has 2 aromatic rings. The van der Waals surface area contributed by atoms with Gasteiger partial charge in [-0.05, 0) is 56.6 Å². The highest BCUT2D eigenvalue weighted by molar-refractivity contribution is 7.13. The molecule has 2 aromatic heterocycles. The average molecular weight is 514 g/mol. The van der Waals surface area contributed by atoms with Gasteiger partial charge in [-0.3, -0.25) is 9.48 Å². The fourth-order valence-electron chi connectivity index (χ4n) is 4.91. The molecule has 3 heterocycles. The number of carbonyl (C=O) groups excluding carboxylic acids is 1. The van der Waals surface area contributed by atoms with Crippen molar-refractivity contribution in [2.75, 3.05) is 26.2 Å². The molecule has 0 radical (unpaired) electrons. The topological polar surface area (TPSA) is 72.3 Å². The smallest absolute Gasteiger partial charge is 0.392 e. The van der Waals surface area contributed by atoms with Crippen molar-refractivity contribution in [1.82, 2.24) is 25.0 Å². The predicted molar refractivity (Wildman–Crippen MR) is 128 cm³/mol. The van der Waals surface area contributed by atoms with E-state index in [1.165, 1.54) is 11.3 Å². The number of thiazole rings is 1. The first-order chi connectivity index (χ1) is 16.7. The van der Waals surface area contributed by atoms with Gasteiger partial charge >= 0.3 is 6.18 Å². The fraction of sp³-hybridized carbons (Fsp3) is 0.708. The Balaban J connectivity index is 1.12. The van der Waals surface area contributed by atoms with Gasteiger partial charge in [-0.2, -0.15) is 18.3 Å². The third-order valence-electron chi connectivity index (χ3n) is 6.88. The average Bonchev–Trinajstić information content (AvgIpc) is 3.33. The van der Waals surface area contributed by atoms with Crippen LogP contribution in [0.25, 0.3) is 0 Å². The van der Waals surface area contributed by atoms with E-state index in [0.717, 1.165) is 80.7 Å². The summed E-state index contributed by atoms with van der Waals surface area (Å²) < 4.78 is 43.9. The van der Waals surface area contributed by atoms with Crippen LogP contribution in [0, 0.1) is 5.92 Å². The molecule has 1 saturated carbocycles. The number of alkyl halides is 3. The molecule has 1 fully saturated rings. The van der Waals surface area contributed by atoms with Gasteiger partial charge < -0.3 is 15.0 Å². The molecule has 7 nitrogen and oxygen atoms in total. The fourth-order valence-corrected chi connectivity index (χ4v) is 5.88. The summed E-state index contributed by atoms with van der Waals surface area (Å²) in [5.41, 5.74) is 1.91. The number of hydrogen-bond acceptors (Lipinski definition) is 6. The zero-order chi connectivity index (χ0) is 24.8. The number of rotatable bonds is 9. The molecule has 1 amide bonds. The van der Waals surface area contributed by atoms with Crippen molar-refractivity contribution in [3.8, 4) is 5.19 Å². The van der Waals surface area contributed by atoms with Crippen molar-refractivity contribution < 1.29 is 22.7 Å². The number of nitrogens with one attached hydrogen (secondary N) is 1. The molecular weight excluding hydrogens is 479 g/mol. The molecule has 4 rings (SSSR count). The van der Waals surface area contributed by atoms with E-state index < -0.39 is 12.6 Å². The molecule has 0 saturated heterocycles. The summed E-state index contributed by atoms with van der Waals surface area (Å²) >= 11 is 1.39. The summed E-state index contributed by atoms with van der Waals surface area (Å²) in [6.07, 6.45) is 6.00. The number of amides is 1. The third kappa shape index (κ3) is 8.20. The Hall–Kier alpha value is -2.14. The Labute approximate surface area is 208 Å². The van der Waals surface area contributed by atoms with E-state index in [-0.39, 0.29) is 18.6 Å². The maximum Gasteiger partial charge on any atom is 0.392 e. The van der Waals surface area contributed by atoms with E-state index in [1.54, 1.807) is 10.9 Å². The molecule has 11 heteroatoms. The van der Waals surface area contributed by atoms with Gasteiger partial charge in [0.1, 0.15) is 0 Å². The highest BCUT2D eigenvalue weighted by Gasteiger charge is 2.28. The highest BCUT2D eigenvalue weighted by Crippen LogP contribution is 2.30. The second-order valence-corrected chi connectivity index (χ2v) is 10.7. The van der Waals surface area contributed by atoms with Gasteiger partial charge in [0.15, 0.2) is 0 Å². The van der Waals surface area contributed by atoms with Gasteiger partial charge in [0.25, 0.3) is 5.19 Å². The van der Waals surface area contributed by atoms with Crippen LogP contribution in [0.5, 0.6) is 5.19 Å². The minimum Gasteiger partial charge on any atom is -0.470 e. The van der Waals surface area contributed by atoms with Crippen molar-refractivity contribution in [2.45, 2.75) is 70.0 Å². The molecule has 1 aliphatic carbocycles. The van der Waals surface area contributed by atoms with Crippen molar-refractivity contribution in [3.05, 3.63) is 28.5 Å². The minimum atomic E-state index is -4.21. The summed E-state index contributed by atoms with van der Waals surface area (Å²) in [6.45, 7) is 2.53. The zero-order valence-electron chi connectivity index (χ0n) is 20.1. The normalized spacial score (nSPS) is 21.4. The van der Waals surface area contributed by atoms with Crippen LogP contribution in [0.4, 0.5) is 13.2 Å². The molecule has 0 atom stereocenters. The summed E-state index contributed by atoms with van der Waals surface area (Å²) in [5, 5.41) is 7.65. The number of aromatic nitrogens is 3. The standard InChI is InChI=1S/C24H34F3N5O2S/c1-31-16-18(15-28-31)14-22(33)29-19-4-2-17(3-5-19)6-10-32-11-7-20-21(8-12-32)35-23(30-20)34-13-9-24(25,26)27/h15-17,19H,2-14H2,1H3,(H,29,33). The first kappa shape index (κ1) is 25.9. The maximum absolute atomic E-state index is 12.3. The van der Waals surface area contributed by atoms with Gasteiger partial charge in [-0.25, -0.2) is 4.98 Å². The van der Waals surface area contributed by atoms with E-state index in [4.69, 9.17) is 4.74 Å². The number of aryl methyl sites for hydroxylation is 1. The Morgan fingerprint density at radius 3 is 2.71 bits per heavy atom. The molecule has 0 unspecified atom stereocenters. The van der Waals surface area contributed by atoms with Crippen LogP contribution in [0.1, 0.15) is 54.7 Å². The molecule has 1 aliphatic heterocycles. The van der Waals surface area contributed by atoms with Crippen molar-refractivity contribution in [3.63, 3.8) is 0 Å². The summed E-state index contributed by atoms with van der Waals surface area (Å²) in [7, 11) is 1.85. The molecular formula is C24H34F3N5O2S. The monoisotopic (exact) mass is 513 g/mol. The predicted octanol–water partition coefficient (Wildman–Crippen LogP) is 3.92. The number of fused-ring (bicyclic) bond motifs is 1. The van der Waals surface area contributed by atoms with Crippen LogP contribution >= 0.6 is 11.3 Å². The highest BCUT2D eigenvalue weighted by atomic mass is 32.1. The third-order valence-corrected chi connectivity index (χ3v) is 7.95. The number of nitrogens with zero attached hydrogens (tertiary/aromatic N) is 4. The van der Waals surface area contributed by atoms with E-state index in [0.29, 0.717) is 17.5 Å².